The molecule has 1 heterocycles. The molecule has 1 aromatic carbocycles. The highest BCUT2D eigenvalue weighted by atomic mass is 32.1. The largest absolute Gasteiger partial charge is 0.337 e. The summed E-state index contributed by atoms with van der Waals surface area (Å²) in [6.45, 7) is 4.57. The Bertz CT molecular complexity index is 548. The summed E-state index contributed by atoms with van der Waals surface area (Å²) >= 11 is 1.43. The van der Waals surface area contributed by atoms with Gasteiger partial charge < -0.3 is 5.32 Å². The van der Waals surface area contributed by atoms with Crippen LogP contribution < -0.4 is 10.6 Å². The van der Waals surface area contributed by atoms with Gasteiger partial charge in [0, 0.05) is 11.9 Å². The van der Waals surface area contributed by atoms with Gasteiger partial charge in [0.05, 0.1) is 5.69 Å². The first-order valence-corrected chi connectivity index (χ1v) is 7.04. The molecule has 0 aliphatic rings. The third kappa shape index (κ3) is 4.37. The molecular formula is C14H17N3OS. The zero-order valence-electron chi connectivity index (χ0n) is 11.1. The molecule has 0 fully saturated rings. The lowest BCUT2D eigenvalue weighted by Crippen LogP contribution is -2.30. The zero-order valence-corrected chi connectivity index (χ0v) is 11.9. The molecule has 2 aromatic rings. The summed E-state index contributed by atoms with van der Waals surface area (Å²) in [6.07, 6.45) is 0.824. The number of aromatic nitrogens is 1. The van der Waals surface area contributed by atoms with Crippen molar-refractivity contribution in [1.82, 2.24) is 10.3 Å². The van der Waals surface area contributed by atoms with Gasteiger partial charge in [-0.1, -0.05) is 29.8 Å². The molecule has 4 nitrogen and oxygen atoms in total. The Morgan fingerprint density at radius 3 is 2.63 bits per heavy atom. The maximum Gasteiger partial charge on any atom is 0.321 e. The van der Waals surface area contributed by atoms with Crippen molar-refractivity contribution in [2.75, 3.05) is 11.9 Å². The van der Waals surface area contributed by atoms with E-state index >= 15 is 0 Å². The lowest BCUT2D eigenvalue weighted by Gasteiger charge is -2.05. The number of amides is 2. The van der Waals surface area contributed by atoms with Gasteiger partial charge in [-0.15, -0.1) is 11.3 Å². The van der Waals surface area contributed by atoms with E-state index in [1.54, 1.807) is 0 Å². The van der Waals surface area contributed by atoms with Crippen LogP contribution in [-0.2, 0) is 6.42 Å². The van der Waals surface area contributed by atoms with E-state index in [4.69, 9.17) is 0 Å². The average Bonchev–Trinajstić information content (AvgIpc) is 2.77. The quantitative estimate of drug-likeness (QED) is 0.900. The molecule has 0 saturated heterocycles. The first-order valence-electron chi connectivity index (χ1n) is 6.16. The second-order valence-corrected chi connectivity index (χ2v) is 5.27. The molecule has 0 bridgehead atoms. The van der Waals surface area contributed by atoms with Gasteiger partial charge in [-0.25, -0.2) is 9.78 Å². The highest BCUT2D eigenvalue weighted by Gasteiger charge is 2.04. The van der Waals surface area contributed by atoms with Crippen molar-refractivity contribution < 1.29 is 4.79 Å². The molecule has 0 atom stereocenters. The minimum absolute atomic E-state index is 0.207. The van der Waals surface area contributed by atoms with Gasteiger partial charge in [0.2, 0.25) is 0 Å². The van der Waals surface area contributed by atoms with Crippen LogP contribution >= 0.6 is 11.3 Å². The van der Waals surface area contributed by atoms with E-state index in [0.29, 0.717) is 11.7 Å². The third-order valence-corrected chi connectivity index (χ3v) is 3.53. The first-order chi connectivity index (χ1) is 9.13. The number of carbonyl (C=O) groups is 1. The Morgan fingerprint density at radius 2 is 2.00 bits per heavy atom. The van der Waals surface area contributed by atoms with Gasteiger partial charge in [-0.05, 0) is 25.8 Å². The van der Waals surface area contributed by atoms with E-state index in [0.717, 1.165) is 12.1 Å². The molecule has 2 rings (SSSR count). The van der Waals surface area contributed by atoms with Crippen LogP contribution in [0.4, 0.5) is 9.93 Å². The number of hydrogen-bond donors (Lipinski definition) is 2. The number of anilines is 1. The predicted octanol–water partition coefficient (Wildman–Crippen LogP) is 3.12. The third-order valence-electron chi connectivity index (χ3n) is 2.66. The van der Waals surface area contributed by atoms with Crippen molar-refractivity contribution >= 4 is 22.5 Å². The number of rotatable bonds is 4. The zero-order chi connectivity index (χ0) is 13.7. The summed E-state index contributed by atoms with van der Waals surface area (Å²) in [6, 6.07) is 8.11. The van der Waals surface area contributed by atoms with Gasteiger partial charge in [0.1, 0.15) is 0 Å². The summed E-state index contributed by atoms with van der Waals surface area (Å²) in [4.78, 5) is 15.8. The van der Waals surface area contributed by atoms with E-state index in [2.05, 4.69) is 46.8 Å². The Kier molecular flexibility index (Phi) is 4.52. The van der Waals surface area contributed by atoms with Crippen molar-refractivity contribution in [3.05, 3.63) is 46.5 Å². The minimum Gasteiger partial charge on any atom is -0.337 e. The van der Waals surface area contributed by atoms with Crippen LogP contribution in [0.25, 0.3) is 0 Å². The smallest absolute Gasteiger partial charge is 0.321 e. The Morgan fingerprint density at radius 1 is 1.26 bits per heavy atom. The van der Waals surface area contributed by atoms with Crippen molar-refractivity contribution in [1.29, 1.82) is 0 Å². The maximum atomic E-state index is 11.6. The summed E-state index contributed by atoms with van der Waals surface area (Å²) in [5.41, 5.74) is 3.38. The summed E-state index contributed by atoms with van der Waals surface area (Å²) in [5.74, 6) is 0. The van der Waals surface area contributed by atoms with Crippen LogP contribution in [0.1, 0.15) is 16.8 Å². The van der Waals surface area contributed by atoms with Crippen molar-refractivity contribution in [2.24, 2.45) is 0 Å². The molecule has 0 spiro atoms. The normalized spacial score (nSPS) is 10.2. The topological polar surface area (TPSA) is 54.0 Å². The van der Waals surface area contributed by atoms with Gasteiger partial charge in [0.15, 0.2) is 5.13 Å². The van der Waals surface area contributed by atoms with Gasteiger partial charge in [0.25, 0.3) is 0 Å². The fourth-order valence-corrected chi connectivity index (χ4v) is 2.31. The van der Waals surface area contributed by atoms with E-state index in [-0.39, 0.29) is 6.03 Å². The monoisotopic (exact) mass is 275 g/mol. The van der Waals surface area contributed by atoms with Crippen LogP contribution in [-0.4, -0.2) is 17.6 Å². The summed E-state index contributed by atoms with van der Waals surface area (Å²) in [5, 5.41) is 8.07. The van der Waals surface area contributed by atoms with Crippen LogP contribution in [0.2, 0.25) is 0 Å². The number of nitrogens with zero attached hydrogens (tertiary/aromatic N) is 1. The Labute approximate surface area is 116 Å². The number of urea groups is 1. The average molecular weight is 275 g/mol. The first kappa shape index (κ1) is 13.5. The highest BCUT2D eigenvalue weighted by molar-refractivity contribution is 7.13. The molecule has 0 radical (unpaired) electrons. The number of hydrogen-bond acceptors (Lipinski definition) is 3. The molecule has 0 aliphatic carbocycles. The summed E-state index contributed by atoms with van der Waals surface area (Å²) < 4.78 is 0. The van der Waals surface area contributed by atoms with Gasteiger partial charge >= 0.3 is 6.03 Å². The number of nitrogens with one attached hydrogen (secondary N) is 2. The van der Waals surface area contributed by atoms with Crippen LogP contribution in [0.15, 0.2) is 29.6 Å². The fourth-order valence-electron chi connectivity index (χ4n) is 1.63. The van der Waals surface area contributed by atoms with Gasteiger partial charge in [-0.2, -0.15) is 0 Å². The number of aryl methyl sites for hydroxylation is 2. The molecule has 0 saturated carbocycles. The second kappa shape index (κ2) is 6.33. The molecule has 100 valence electrons. The SMILES string of the molecule is Cc1ccc(CCNC(=O)Nc2nc(C)cs2)cc1. The summed E-state index contributed by atoms with van der Waals surface area (Å²) in [7, 11) is 0. The van der Waals surface area contributed by atoms with Crippen LogP contribution in [0, 0.1) is 13.8 Å². The lowest BCUT2D eigenvalue weighted by molar-refractivity contribution is 0.252. The van der Waals surface area contributed by atoms with Crippen molar-refractivity contribution in [3.63, 3.8) is 0 Å². The highest BCUT2D eigenvalue weighted by Crippen LogP contribution is 2.13. The molecule has 1 aromatic heterocycles. The second-order valence-electron chi connectivity index (χ2n) is 4.41. The molecule has 0 aliphatic heterocycles. The fraction of sp³-hybridized carbons (Fsp3) is 0.286. The van der Waals surface area contributed by atoms with Gasteiger partial charge in [-0.3, -0.25) is 5.32 Å². The van der Waals surface area contributed by atoms with Crippen molar-refractivity contribution in [3.8, 4) is 0 Å². The maximum absolute atomic E-state index is 11.6. The predicted molar refractivity (Wildman–Crippen MR) is 78.8 cm³/mol. The van der Waals surface area contributed by atoms with Crippen LogP contribution in [0.3, 0.4) is 0 Å². The molecule has 5 heteroatoms. The lowest BCUT2D eigenvalue weighted by atomic mass is 10.1. The molecule has 2 N–H and O–H groups in total. The van der Waals surface area contributed by atoms with E-state index in [9.17, 15) is 4.79 Å². The Balaban J connectivity index is 1.73. The standard InChI is InChI=1S/C14H17N3OS/c1-10-3-5-12(6-4-10)7-8-15-13(18)17-14-16-11(2)9-19-14/h3-6,9H,7-8H2,1-2H3,(H2,15,16,17,18). The van der Waals surface area contributed by atoms with E-state index in [1.165, 1.54) is 22.5 Å². The van der Waals surface area contributed by atoms with E-state index in [1.807, 2.05) is 12.3 Å². The number of thiazole rings is 1. The molecule has 2 amide bonds. The number of benzene rings is 1. The molecular weight excluding hydrogens is 258 g/mol. The minimum atomic E-state index is -0.207. The number of carbonyl (C=O) groups excluding carboxylic acids is 1. The van der Waals surface area contributed by atoms with Crippen molar-refractivity contribution in [2.45, 2.75) is 20.3 Å². The van der Waals surface area contributed by atoms with E-state index < -0.39 is 0 Å². The van der Waals surface area contributed by atoms with Crippen LogP contribution in [0.5, 0.6) is 0 Å². The molecule has 0 unspecified atom stereocenters. The molecule has 19 heavy (non-hydrogen) atoms. The Hall–Kier alpha value is -1.88.